The minimum absolute atomic E-state index is 0.103. The normalized spacial score (nSPS) is 18.8. The molecule has 6 N–H and O–H groups in total. The number of rotatable bonds is 9. The van der Waals surface area contributed by atoms with Gasteiger partial charge >= 0.3 is 0 Å². The molecule has 3 aliphatic rings. The summed E-state index contributed by atoms with van der Waals surface area (Å²) >= 11 is 6.46. The number of nitrogens with two attached hydrogens (primary N) is 3. The fourth-order valence-electron chi connectivity index (χ4n) is 10.9. The van der Waals surface area contributed by atoms with Crippen molar-refractivity contribution >= 4 is 43.9 Å². The van der Waals surface area contributed by atoms with Crippen molar-refractivity contribution < 1.29 is 51.4 Å². The number of ether oxygens (including phenoxy) is 9. The SMILES string of the molecule is COc1cc2ccc3c(c2cc1OC)CC(N)C(c1ccc(C)cc1Cl)O3.COc1cc2ccc3c(c2cc1OC)CC(N)C(c1ccc(F)cc1F)O3.COc1cc2ccc3c(c2cc1OC)CC(N)C(c1ccccc1)O3. The monoisotopic (exact) mass is 1090 g/mol. The molecule has 0 saturated carbocycles. The second-order valence-electron chi connectivity index (χ2n) is 19.7. The Labute approximate surface area is 462 Å². The second-order valence-corrected chi connectivity index (χ2v) is 20.1. The Morgan fingerprint density at radius 2 is 0.810 bits per heavy atom. The molecule has 12 nitrogen and oxygen atoms in total. The number of hydrogen-bond acceptors (Lipinski definition) is 12. The minimum Gasteiger partial charge on any atom is -0.493 e. The zero-order valence-electron chi connectivity index (χ0n) is 44.9. The predicted octanol–water partition coefficient (Wildman–Crippen LogP) is 12.8. The van der Waals surface area contributed by atoms with Crippen LogP contribution in [0.5, 0.6) is 51.7 Å². The summed E-state index contributed by atoms with van der Waals surface area (Å²) in [6.07, 6.45) is 0.840. The standard InChI is InChI=1S/C22H22ClNO3.C21H19F2NO3.C21H21NO3/c1-12-4-6-14(17(23)8-12)22-18(24)10-16-15-11-21(26-3)20(25-2)9-13(15)5-7-19(16)27-22;1-25-19-7-11-3-6-18-15(14(11)10-20(19)26-2)9-17(24)21(27-18)13-5-4-12(22)8-16(13)23;1-23-19-10-14-8-9-18-16(15(14)12-20(19)24-2)11-17(22)21(25-18)13-6-4-3-5-7-13/h4-9,11,18,22H,10,24H2,1-3H3;3-8,10,17,21H,9,24H2,1-2H3;3-10,12,17,21H,11,22H2,1-2H3. The number of aryl methyl sites for hydroxylation is 1. The highest BCUT2D eigenvalue weighted by atomic mass is 35.5. The van der Waals surface area contributed by atoms with Crippen molar-refractivity contribution in [3.63, 3.8) is 0 Å². The number of halogens is 3. The molecule has 408 valence electrons. The van der Waals surface area contributed by atoms with E-state index in [0.717, 1.165) is 95.4 Å². The van der Waals surface area contributed by atoms with Crippen molar-refractivity contribution in [2.24, 2.45) is 17.2 Å². The van der Waals surface area contributed by atoms with Gasteiger partial charge in [-0.25, -0.2) is 8.78 Å². The topological polar surface area (TPSA) is 161 Å². The van der Waals surface area contributed by atoms with Crippen LogP contribution in [0.3, 0.4) is 0 Å². The lowest BCUT2D eigenvalue weighted by Crippen LogP contribution is -2.38. The van der Waals surface area contributed by atoms with Gasteiger partial charge in [-0.05, 0) is 142 Å². The van der Waals surface area contributed by atoms with Crippen molar-refractivity contribution in [1.82, 2.24) is 0 Å². The molecule has 0 saturated heterocycles. The summed E-state index contributed by atoms with van der Waals surface area (Å²) in [5.41, 5.74) is 25.8. The Balaban J connectivity index is 0.000000134. The predicted molar refractivity (Wildman–Crippen MR) is 305 cm³/mol. The maximum Gasteiger partial charge on any atom is 0.161 e. The molecule has 3 aliphatic heterocycles. The quantitative estimate of drug-likeness (QED) is 0.126. The average Bonchev–Trinajstić information content (AvgIpc) is 3.52. The molecular weight excluding hydrogens is 1030 g/mol. The Hall–Kier alpha value is -8.01. The average molecular weight is 1090 g/mol. The molecule has 0 aromatic heterocycles. The molecule has 9 aromatic carbocycles. The van der Waals surface area contributed by atoms with Crippen LogP contribution in [0.15, 0.2) is 140 Å². The number of fused-ring (bicyclic) bond motifs is 9. The number of hydrogen-bond donors (Lipinski definition) is 3. The van der Waals surface area contributed by atoms with Crippen LogP contribution < -0.4 is 59.8 Å². The fraction of sp³-hybridized carbons (Fsp3) is 0.250. The second kappa shape index (κ2) is 23.1. The van der Waals surface area contributed by atoms with E-state index in [0.29, 0.717) is 52.4 Å². The van der Waals surface area contributed by atoms with Gasteiger partial charge in [0.15, 0.2) is 34.5 Å². The first-order valence-electron chi connectivity index (χ1n) is 25.8. The van der Waals surface area contributed by atoms with Gasteiger partial charge in [0.05, 0.1) is 60.8 Å². The summed E-state index contributed by atoms with van der Waals surface area (Å²) in [5.74, 6) is 5.12. The summed E-state index contributed by atoms with van der Waals surface area (Å²) in [5, 5.41) is 6.91. The van der Waals surface area contributed by atoms with Crippen molar-refractivity contribution in [2.45, 2.75) is 62.6 Å². The number of methoxy groups -OCH3 is 6. The molecule has 9 aromatic rings. The lowest BCUT2D eigenvalue weighted by Gasteiger charge is -2.33. The Morgan fingerprint density at radius 3 is 1.22 bits per heavy atom. The first-order chi connectivity index (χ1) is 38.2. The van der Waals surface area contributed by atoms with E-state index in [1.807, 2.05) is 110 Å². The third kappa shape index (κ3) is 10.8. The summed E-state index contributed by atoms with van der Waals surface area (Å²) in [6.45, 7) is 2.01. The van der Waals surface area contributed by atoms with Gasteiger partial charge in [0, 0.05) is 38.9 Å². The van der Waals surface area contributed by atoms with Gasteiger partial charge in [-0.15, -0.1) is 0 Å². The molecule has 0 bridgehead atoms. The molecule has 0 amide bonds. The van der Waals surface area contributed by atoms with Crippen LogP contribution in [0, 0.1) is 18.6 Å². The van der Waals surface area contributed by atoms with Gasteiger partial charge in [0.25, 0.3) is 0 Å². The third-order valence-corrected chi connectivity index (χ3v) is 15.2. The van der Waals surface area contributed by atoms with Gasteiger partial charge in [0.1, 0.15) is 47.2 Å². The molecule has 15 heteroatoms. The van der Waals surface area contributed by atoms with E-state index in [2.05, 4.69) is 18.2 Å². The van der Waals surface area contributed by atoms with E-state index in [1.165, 1.54) is 12.1 Å². The van der Waals surface area contributed by atoms with Gasteiger partial charge in [0.2, 0.25) is 0 Å². The third-order valence-electron chi connectivity index (χ3n) is 14.9. The molecule has 3 heterocycles. The zero-order valence-corrected chi connectivity index (χ0v) is 45.7. The summed E-state index contributed by atoms with van der Waals surface area (Å²) < 4.78 is 78.5. The highest BCUT2D eigenvalue weighted by Gasteiger charge is 2.34. The molecule has 12 rings (SSSR count). The molecule has 0 spiro atoms. The first kappa shape index (κ1) is 54.3. The molecule has 0 radical (unpaired) electrons. The Bertz CT molecular complexity index is 3550. The zero-order chi connectivity index (χ0) is 55.6. The van der Waals surface area contributed by atoms with E-state index in [9.17, 15) is 8.78 Å². The lowest BCUT2D eigenvalue weighted by atomic mass is 9.90. The smallest absolute Gasteiger partial charge is 0.161 e. The summed E-state index contributed by atoms with van der Waals surface area (Å²) in [7, 11) is 9.73. The molecule has 0 aliphatic carbocycles. The van der Waals surface area contributed by atoms with Crippen LogP contribution in [0.25, 0.3) is 32.3 Å². The maximum atomic E-state index is 14.2. The fourth-order valence-corrected chi connectivity index (χ4v) is 11.2. The Kier molecular flexibility index (Phi) is 15.9. The van der Waals surface area contributed by atoms with Gasteiger partial charge in [-0.1, -0.05) is 72.3 Å². The van der Waals surface area contributed by atoms with Crippen molar-refractivity contribution in [2.75, 3.05) is 42.7 Å². The van der Waals surface area contributed by atoms with E-state index in [4.69, 9.17) is 71.4 Å². The van der Waals surface area contributed by atoms with Gasteiger partial charge in [-0.3, -0.25) is 0 Å². The highest BCUT2D eigenvalue weighted by Crippen LogP contribution is 2.46. The van der Waals surface area contributed by atoms with Crippen LogP contribution in [-0.2, 0) is 19.3 Å². The van der Waals surface area contributed by atoms with Crippen LogP contribution >= 0.6 is 11.6 Å². The largest absolute Gasteiger partial charge is 0.493 e. The molecule has 6 unspecified atom stereocenters. The lowest BCUT2D eigenvalue weighted by molar-refractivity contribution is 0.150. The number of benzene rings is 9. The molecule has 6 atom stereocenters. The van der Waals surface area contributed by atoms with Crippen LogP contribution in [0.1, 0.15) is 57.3 Å². The minimum atomic E-state index is -0.685. The van der Waals surface area contributed by atoms with Crippen molar-refractivity contribution in [1.29, 1.82) is 0 Å². The van der Waals surface area contributed by atoms with Gasteiger partial charge in [-0.2, -0.15) is 0 Å². The van der Waals surface area contributed by atoms with Crippen LogP contribution in [0.4, 0.5) is 8.78 Å². The molecule has 0 fully saturated rings. The van der Waals surface area contributed by atoms with Crippen molar-refractivity contribution in [3.8, 4) is 51.7 Å². The summed E-state index contributed by atoms with van der Waals surface area (Å²) in [4.78, 5) is 0. The van der Waals surface area contributed by atoms with E-state index in [1.54, 1.807) is 42.7 Å². The van der Waals surface area contributed by atoms with E-state index in [-0.39, 0.29) is 29.9 Å². The van der Waals surface area contributed by atoms with E-state index < -0.39 is 23.8 Å². The van der Waals surface area contributed by atoms with Crippen LogP contribution in [-0.4, -0.2) is 60.8 Å². The maximum absolute atomic E-state index is 14.2. The Morgan fingerprint density at radius 1 is 0.430 bits per heavy atom. The molecular formula is C64H62ClF2N3O9. The van der Waals surface area contributed by atoms with Crippen molar-refractivity contribution in [3.05, 3.63) is 195 Å². The first-order valence-corrected chi connectivity index (χ1v) is 26.2. The summed E-state index contributed by atoms with van der Waals surface area (Å²) in [6, 6.07) is 42.4. The molecule has 79 heavy (non-hydrogen) atoms. The van der Waals surface area contributed by atoms with Crippen LogP contribution in [0.2, 0.25) is 5.02 Å². The van der Waals surface area contributed by atoms with Gasteiger partial charge < -0.3 is 59.8 Å². The highest BCUT2D eigenvalue weighted by molar-refractivity contribution is 6.31. The van der Waals surface area contributed by atoms with E-state index >= 15 is 0 Å².